The molecule has 0 saturated carbocycles. The number of rotatable bonds is 6. The van der Waals surface area contributed by atoms with Gasteiger partial charge in [-0.15, -0.1) is 0 Å². The first-order valence-electron chi connectivity index (χ1n) is 6.00. The molecule has 0 fully saturated rings. The van der Waals surface area contributed by atoms with Gasteiger partial charge in [0.05, 0.1) is 18.9 Å². The predicted molar refractivity (Wildman–Crippen MR) is 73.1 cm³/mol. The van der Waals surface area contributed by atoms with E-state index in [9.17, 15) is 14.4 Å². The van der Waals surface area contributed by atoms with Crippen molar-refractivity contribution in [1.29, 1.82) is 0 Å². The van der Waals surface area contributed by atoms with Gasteiger partial charge in [0.2, 0.25) is 11.8 Å². The summed E-state index contributed by atoms with van der Waals surface area (Å²) in [4.78, 5) is 33.2. The maximum Gasteiger partial charge on any atom is 0.305 e. The third-order valence-corrected chi connectivity index (χ3v) is 2.60. The largest absolute Gasteiger partial charge is 0.481 e. The number of anilines is 1. The molecule has 20 heavy (non-hydrogen) atoms. The Hall–Kier alpha value is -2.41. The summed E-state index contributed by atoms with van der Waals surface area (Å²) in [6, 6.07) is 5.56. The lowest BCUT2D eigenvalue weighted by molar-refractivity contribution is -0.138. The first kappa shape index (κ1) is 15.6. The Morgan fingerprint density at radius 2 is 1.85 bits per heavy atom. The highest BCUT2D eigenvalue weighted by Gasteiger charge is 2.16. The van der Waals surface area contributed by atoms with Crippen LogP contribution >= 0.6 is 0 Å². The van der Waals surface area contributed by atoms with Crippen LogP contribution < -0.4 is 16.4 Å². The summed E-state index contributed by atoms with van der Waals surface area (Å²) in [5, 5.41) is 13.6. The normalized spacial score (nSPS) is 11.5. The number of likely N-dealkylation sites (N-methyl/N-ethyl adjacent to an activating group) is 1. The van der Waals surface area contributed by atoms with Crippen molar-refractivity contribution in [3.8, 4) is 0 Å². The second-order valence-corrected chi connectivity index (χ2v) is 4.24. The van der Waals surface area contributed by atoms with Gasteiger partial charge in [-0.05, 0) is 17.7 Å². The summed E-state index contributed by atoms with van der Waals surface area (Å²) in [6.07, 6.45) is -0.177. The fraction of sp³-hybridized carbons (Fsp3) is 0.308. The second kappa shape index (κ2) is 7.25. The van der Waals surface area contributed by atoms with E-state index >= 15 is 0 Å². The van der Waals surface area contributed by atoms with E-state index in [0.717, 1.165) is 5.56 Å². The summed E-state index contributed by atoms with van der Waals surface area (Å²) in [6.45, 7) is 0. The van der Waals surface area contributed by atoms with Gasteiger partial charge in [-0.2, -0.15) is 0 Å². The summed E-state index contributed by atoms with van der Waals surface area (Å²) >= 11 is 0. The molecule has 5 N–H and O–H groups in total. The van der Waals surface area contributed by atoms with Gasteiger partial charge in [-0.3, -0.25) is 14.4 Å². The Balaban J connectivity index is 2.59. The zero-order chi connectivity index (χ0) is 15.1. The zero-order valence-corrected chi connectivity index (χ0v) is 11.1. The smallest absolute Gasteiger partial charge is 0.305 e. The highest BCUT2D eigenvalue weighted by molar-refractivity contribution is 5.96. The number of amides is 2. The van der Waals surface area contributed by atoms with E-state index in [0.29, 0.717) is 5.69 Å². The number of aliphatic carboxylic acids is 1. The van der Waals surface area contributed by atoms with E-state index < -0.39 is 24.3 Å². The molecule has 1 atom stereocenters. The lowest BCUT2D eigenvalue weighted by Gasteiger charge is -2.10. The van der Waals surface area contributed by atoms with Gasteiger partial charge in [0.25, 0.3) is 0 Å². The molecule has 0 heterocycles. The van der Waals surface area contributed by atoms with E-state index in [1.54, 1.807) is 31.3 Å². The average Bonchev–Trinajstić information content (AvgIpc) is 2.40. The van der Waals surface area contributed by atoms with Crippen LogP contribution in [-0.2, 0) is 20.8 Å². The fourth-order valence-corrected chi connectivity index (χ4v) is 1.50. The second-order valence-electron chi connectivity index (χ2n) is 4.24. The highest BCUT2D eigenvalue weighted by atomic mass is 16.4. The summed E-state index contributed by atoms with van der Waals surface area (Å²) in [7, 11) is 1.56. The molecule has 0 spiro atoms. The van der Waals surface area contributed by atoms with E-state index in [1.807, 2.05) is 0 Å². The average molecular weight is 279 g/mol. The van der Waals surface area contributed by atoms with E-state index in [4.69, 9.17) is 10.8 Å². The number of benzene rings is 1. The minimum atomic E-state index is -1.13. The van der Waals surface area contributed by atoms with E-state index in [1.165, 1.54) is 0 Å². The number of nitrogens with two attached hydrogens (primary N) is 1. The standard InChI is InChI=1S/C13H17N3O4/c1-15-11(17)6-8-2-4-9(5-3-8)16-13(20)10(14)7-12(18)19/h2-5,10H,6-7,14H2,1H3,(H,15,17)(H,16,20)(H,18,19). The lowest BCUT2D eigenvalue weighted by atomic mass is 10.1. The van der Waals surface area contributed by atoms with E-state index in [-0.39, 0.29) is 12.3 Å². The van der Waals surface area contributed by atoms with Gasteiger partial charge < -0.3 is 21.5 Å². The third kappa shape index (κ3) is 5.07. The summed E-state index contributed by atoms with van der Waals surface area (Å²) in [5.74, 6) is -1.80. The third-order valence-electron chi connectivity index (χ3n) is 2.60. The molecule has 0 saturated heterocycles. The first-order valence-corrected chi connectivity index (χ1v) is 6.00. The molecule has 0 radical (unpaired) electrons. The topological polar surface area (TPSA) is 122 Å². The van der Waals surface area contributed by atoms with Gasteiger partial charge in [-0.1, -0.05) is 12.1 Å². The predicted octanol–water partition coefficient (Wildman–Crippen LogP) is -0.284. The van der Waals surface area contributed by atoms with Crippen LogP contribution in [0.3, 0.4) is 0 Å². The Morgan fingerprint density at radius 3 is 2.35 bits per heavy atom. The number of carboxylic acids is 1. The van der Waals surface area contributed by atoms with Crippen molar-refractivity contribution < 1.29 is 19.5 Å². The molecule has 0 aliphatic carbocycles. The lowest BCUT2D eigenvalue weighted by Crippen LogP contribution is -2.37. The van der Waals surface area contributed by atoms with E-state index in [2.05, 4.69) is 10.6 Å². The Morgan fingerprint density at radius 1 is 1.25 bits per heavy atom. The van der Waals surface area contributed by atoms with Gasteiger partial charge in [0.1, 0.15) is 0 Å². The minimum Gasteiger partial charge on any atom is -0.481 e. The molecule has 0 aliphatic heterocycles. The number of carbonyl (C=O) groups is 3. The number of carbonyl (C=O) groups excluding carboxylic acids is 2. The Labute approximate surface area is 116 Å². The molecule has 108 valence electrons. The van der Waals surface area contributed by atoms with Crippen molar-refractivity contribution in [1.82, 2.24) is 5.32 Å². The van der Waals surface area contributed by atoms with Crippen molar-refractivity contribution in [2.45, 2.75) is 18.9 Å². The highest BCUT2D eigenvalue weighted by Crippen LogP contribution is 2.10. The van der Waals surface area contributed by atoms with Gasteiger partial charge >= 0.3 is 5.97 Å². The fourth-order valence-electron chi connectivity index (χ4n) is 1.50. The van der Waals surface area contributed by atoms with Crippen LogP contribution in [0, 0.1) is 0 Å². The van der Waals surface area contributed by atoms with Crippen molar-refractivity contribution in [2.75, 3.05) is 12.4 Å². The maximum atomic E-state index is 11.6. The molecule has 0 bridgehead atoms. The van der Waals surface area contributed by atoms with Crippen LogP contribution in [0.4, 0.5) is 5.69 Å². The van der Waals surface area contributed by atoms with Crippen molar-refractivity contribution in [3.63, 3.8) is 0 Å². The first-order chi connectivity index (χ1) is 9.42. The zero-order valence-electron chi connectivity index (χ0n) is 11.1. The SMILES string of the molecule is CNC(=O)Cc1ccc(NC(=O)C(N)CC(=O)O)cc1. The van der Waals surface area contributed by atoms with Crippen molar-refractivity contribution in [2.24, 2.45) is 5.73 Å². The maximum absolute atomic E-state index is 11.6. The summed E-state index contributed by atoms with van der Waals surface area (Å²) < 4.78 is 0. The van der Waals surface area contributed by atoms with Gasteiger partial charge in [0, 0.05) is 12.7 Å². The molecule has 1 unspecified atom stereocenters. The van der Waals surface area contributed by atoms with Crippen LogP contribution in [-0.4, -0.2) is 36.0 Å². The number of hydrogen-bond donors (Lipinski definition) is 4. The van der Waals surface area contributed by atoms with Crippen LogP contribution in [0.5, 0.6) is 0 Å². The molecule has 1 aromatic carbocycles. The van der Waals surface area contributed by atoms with Crippen LogP contribution in [0.15, 0.2) is 24.3 Å². The Kier molecular flexibility index (Phi) is 5.67. The van der Waals surface area contributed by atoms with Crippen LogP contribution in [0.1, 0.15) is 12.0 Å². The van der Waals surface area contributed by atoms with Crippen LogP contribution in [0.2, 0.25) is 0 Å². The number of nitrogens with one attached hydrogen (secondary N) is 2. The number of hydrogen-bond acceptors (Lipinski definition) is 4. The minimum absolute atomic E-state index is 0.106. The summed E-state index contributed by atoms with van der Waals surface area (Å²) in [5.41, 5.74) is 6.73. The van der Waals surface area contributed by atoms with Crippen molar-refractivity contribution >= 4 is 23.5 Å². The molecule has 7 heteroatoms. The van der Waals surface area contributed by atoms with Gasteiger partial charge in [-0.25, -0.2) is 0 Å². The molecular weight excluding hydrogens is 262 g/mol. The van der Waals surface area contributed by atoms with Gasteiger partial charge in [0.15, 0.2) is 0 Å². The molecule has 1 aromatic rings. The van der Waals surface area contributed by atoms with Crippen molar-refractivity contribution in [3.05, 3.63) is 29.8 Å². The molecule has 0 aromatic heterocycles. The quantitative estimate of drug-likeness (QED) is 0.570. The van der Waals surface area contributed by atoms with Crippen LogP contribution in [0.25, 0.3) is 0 Å². The number of carboxylic acid groups (broad SMARTS) is 1. The molecule has 0 aliphatic rings. The molecule has 2 amide bonds. The molecule has 7 nitrogen and oxygen atoms in total. The molecular formula is C13H17N3O4. The molecule has 1 rings (SSSR count). The monoisotopic (exact) mass is 279 g/mol. The Bertz CT molecular complexity index is 499.